The van der Waals surface area contributed by atoms with Gasteiger partial charge in [-0.15, -0.1) is 0 Å². The molecule has 1 fully saturated rings. The number of rotatable bonds is 8. The second-order valence-corrected chi connectivity index (χ2v) is 9.26. The predicted molar refractivity (Wildman–Crippen MR) is 143 cm³/mol. The fraction of sp³-hybridized carbons (Fsp3) is 0.267. The highest BCUT2D eigenvalue weighted by molar-refractivity contribution is 5.83. The summed E-state index contributed by atoms with van der Waals surface area (Å²) in [4.78, 5) is 27.9. The van der Waals surface area contributed by atoms with Gasteiger partial charge in [-0.2, -0.15) is 0 Å². The predicted octanol–water partition coefficient (Wildman–Crippen LogP) is 4.63. The summed E-state index contributed by atoms with van der Waals surface area (Å²) in [5.41, 5.74) is 2.80. The third kappa shape index (κ3) is 6.01. The van der Waals surface area contributed by atoms with E-state index in [4.69, 9.17) is 13.9 Å². The molecule has 1 aromatic heterocycles. The van der Waals surface area contributed by atoms with Crippen LogP contribution in [0.5, 0.6) is 11.5 Å². The number of hydrogen-bond donors (Lipinski definition) is 1. The van der Waals surface area contributed by atoms with E-state index in [1.54, 1.807) is 37.4 Å². The zero-order valence-corrected chi connectivity index (χ0v) is 20.8. The van der Waals surface area contributed by atoms with Gasteiger partial charge in [-0.25, -0.2) is 0 Å². The number of piperidine rings is 1. The molecule has 2 heterocycles. The van der Waals surface area contributed by atoms with Crippen molar-refractivity contribution >= 4 is 16.9 Å². The normalized spacial score (nSPS) is 14.4. The van der Waals surface area contributed by atoms with E-state index in [-0.39, 0.29) is 24.0 Å². The molecule has 1 aliphatic heterocycles. The second kappa shape index (κ2) is 11.3. The summed E-state index contributed by atoms with van der Waals surface area (Å²) in [5, 5.41) is 3.53. The molecule has 1 aliphatic rings. The molecule has 190 valence electrons. The minimum absolute atomic E-state index is 0.0934. The van der Waals surface area contributed by atoms with Crippen molar-refractivity contribution in [2.24, 2.45) is 0 Å². The fourth-order valence-electron chi connectivity index (χ4n) is 4.66. The molecular formula is C30H30N2O5. The van der Waals surface area contributed by atoms with Gasteiger partial charge >= 0.3 is 0 Å². The largest absolute Gasteiger partial charge is 0.497 e. The van der Waals surface area contributed by atoms with Crippen LogP contribution in [0.4, 0.5) is 0 Å². The summed E-state index contributed by atoms with van der Waals surface area (Å²) in [6, 6.07) is 22.8. The molecule has 1 amide bonds. The minimum atomic E-state index is -0.155. The van der Waals surface area contributed by atoms with Crippen molar-refractivity contribution in [3.05, 3.63) is 94.8 Å². The molecule has 0 aliphatic carbocycles. The Morgan fingerprint density at radius 2 is 1.73 bits per heavy atom. The van der Waals surface area contributed by atoms with E-state index in [0.29, 0.717) is 28.0 Å². The molecule has 1 N–H and O–H groups in total. The fourth-order valence-corrected chi connectivity index (χ4v) is 4.66. The van der Waals surface area contributed by atoms with Crippen molar-refractivity contribution in [1.82, 2.24) is 10.2 Å². The standard InChI is InChI=1S/C30H30N2O5/c1-35-24-9-7-22(8-10-24)27-19-37-28-17-25(11-12-26(28)30(27)34)36-20-29(33)31-23-13-15-32(16-14-23)18-21-5-3-2-4-6-21/h2-12,17,19,23H,13-16,18,20H2,1H3,(H,31,33). The molecule has 0 radical (unpaired) electrons. The first-order valence-electron chi connectivity index (χ1n) is 12.5. The first kappa shape index (κ1) is 24.6. The zero-order chi connectivity index (χ0) is 25.6. The molecule has 0 atom stereocenters. The summed E-state index contributed by atoms with van der Waals surface area (Å²) in [5.74, 6) is 1.03. The van der Waals surface area contributed by atoms with Crippen molar-refractivity contribution < 1.29 is 18.7 Å². The number of likely N-dealkylation sites (tertiary alicyclic amines) is 1. The molecule has 37 heavy (non-hydrogen) atoms. The number of carbonyl (C=O) groups is 1. The number of nitrogens with one attached hydrogen (secondary N) is 1. The monoisotopic (exact) mass is 498 g/mol. The number of nitrogens with zero attached hydrogens (tertiary/aromatic N) is 1. The molecule has 5 rings (SSSR count). The van der Waals surface area contributed by atoms with Crippen LogP contribution in [-0.4, -0.2) is 43.7 Å². The van der Waals surface area contributed by atoms with Gasteiger partial charge in [-0.3, -0.25) is 14.5 Å². The van der Waals surface area contributed by atoms with Gasteiger partial charge in [-0.05, 0) is 48.2 Å². The summed E-state index contributed by atoms with van der Waals surface area (Å²) < 4.78 is 16.6. The van der Waals surface area contributed by atoms with E-state index in [1.807, 2.05) is 18.2 Å². The van der Waals surface area contributed by atoms with Crippen LogP contribution < -0.4 is 20.2 Å². The van der Waals surface area contributed by atoms with Crippen molar-refractivity contribution in [2.75, 3.05) is 26.8 Å². The Bertz CT molecular complexity index is 1410. The number of amides is 1. The maximum Gasteiger partial charge on any atom is 0.258 e. The highest BCUT2D eigenvalue weighted by atomic mass is 16.5. The van der Waals surface area contributed by atoms with Gasteiger partial charge < -0.3 is 19.2 Å². The highest BCUT2D eigenvalue weighted by Gasteiger charge is 2.21. The van der Waals surface area contributed by atoms with Crippen molar-refractivity contribution in [1.29, 1.82) is 0 Å². The van der Waals surface area contributed by atoms with Crippen LogP contribution in [0.25, 0.3) is 22.1 Å². The number of carbonyl (C=O) groups excluding carboxylic acids is 1. The van der Waals surface area contributed by atoms with Crippen LogP contribution in [0.2, 0.25) is 0 Å². The lowest BCUT2D eigenvalue weighted by Gasteiger charge is -2.32. The Labute approximate surface area is 215 Å². The number of fused-ring (bicyclic) bond motifs is 1. The third-order valence-corrected chi connectivity index (χ3v) is 6.72. The van der Waals surface area contributed by atoms with Gasteiger partial charge in [0.15, 0.2) is 12.0 Å². The first-order chi connectivity index (χ1) is 18.1. The number of methoxy groups -OCH3 is 1. The van der Waals surface area contributed by atoms with E-state index in [9.17, 15) is 9.59 Å². The molecule has 0 unspecified atom stereocenters. The number of hydrogen-bond acceptors (Lipinski definition) is 6. The molecular weight excluding hydrogens is 468 g/mol. The smallest absolute Gasteiger partial charge is 0.258 e. The minimum Gasteiger partial charge on any atom is -0.497 e. The van der Waals surface area contributed by atoms with Crippen LogP contribution in [0.3, 0.4) is 0 Å². The Kier molecular flexibility index (Phi) is 7.51. The van der Waals surface area contributed by atoms with Gasteiger partial charge in [-0.1, -0.05) is 42.5 Å². The highest BCUT2D eigenvalue weighted by Crippen LogP contribution is 2.24. The summed E-state index contributed by atoms with van der Waals surface area (Å²) in [6.45, 7) is 2.74. The quantitative estimate of drug-likeness (QED) is 0.382. The van der Waals surface area contributed by atoms with E-state index in [0.717, 1.165) is 38.0 Å². The molecule has 3 aromatic carbocycles. The first-order valence-corrected chi connectivity index (χ1v) is 12.5. The Morgan fingerprint density at radius 1 is 1.00 bits per heavy atom. The molecule has 0 saturated carbocycles. The lowest BCUT2D eigenvalue weighted by molar-refractivity contribution is -0.124. The van der Waals surface area contributed by atoms with Crippen LogP contribution in [-0.2, 0) is 11.3 Å². The number of ether oxygens (including phenoxy) is 2. The Hall–Kier alpha value is -4.10. The maximum atomic E-state index is 13.0. The van der Waals surface area contributed by atoms with E-state index < -0.39 is 0 Å². The van der Waals surface area contributed by atoms with Gasteiger partial charge in [0.2, 0.25) is 0 Å². The summed E-state index contributed by atoms with van der Waals surface area (Å²) >= 11 is 0. The van der Waals surface area contributed by atoms with Gasteiger partial charge in [0, 0.05) is 31.7 Å². The third-order valence-electron chi connectivity index (χ3n) is 6.72. The summed E-state index contributed by atoms with van der Waals surface area (Å²) in [7, 11) is 1.60. The molecule has 7 heteroatoms. The van der Waals surface area contributed by atoms with Crippen molar-refractivity contribution in [3.8, 4) is 22.6 Å². The van der Waals surface area contributed by atoms with Crippen LogP contribution in [0.1, 0.15) is 18.4 Å². The van der Waals surface area contributed by atoms with Gasteiger partial charge in [0.25, 0.3) is 5.91 Å². The molecule has 0 bridgehead atoms. The zero-order valence-electron chi connectivity index (χ0n) is 20.8. The van der Waals surface area contributed by atoms with Crippen LogP contribution >= 0.6 is 0 Å². The SMILES string of the molecule is COc1ccc(-c2coc3cc(OCC(=O)NC4CCN(Cc5ccccc5)CC4)ccc3c2=O)cc1. The average molecular weight is 499 g/mol. The van der Waals surface area contributed by atoms with E-state index >= 15 is 0 Å². The van der Waals surface area contributed by atoms with Crippen LogP contribution in [0, 0.1) is 0 Å². The summed E-state index contributed by atoms with van der Waals surface area (Å²) in [6.07, 6.45) is 3.28. The lowest BCUT2D eigenvalue weighted by atomic mass is 10.0. The van der Waals surface area contributed by atoms with Gasteiger partial charge in [0.1, 0.15) is 23.3 Å². The maximum absolute atomic E-state index is 13.0. The average Bonchev–Trinajstić information content (AvgIpc) is 2.94. The van der Waals surface area contributed by atoms with Crippen molar-refractivity contribution in [2.45, 2.75) is 25.4 Å². The lowest BCUT2D eigenvalue weighted by Crippen LogP contribution is -2.45. The Morgan fingerprint density at radius 3 is 2.46 bits per heavy atom. The Balaban J connectivity index is 1.14. The topological polar surface area (TPSA) is 81.0 Å². The number of benzene rings is 3. The van der Waals surface area contributed by atoms with E-state index in [1.165, 1.54) is 11.8 Å². The molecule has 4 aromatic rings. The molecule has 1 saturated heterocycles. The van der Waals surface area contributed by atoms with Crippen molar-refractivity contribution in [3.63, 3.8) is 0 Å². The molecule has 7 nitrogen and oxygen atoms in total. The van der Waals surface area contributed by atoms with E-state index in [2.05, 4.69) is 34.5 Å². The second-order valence-electron chi connectivity index (χ2n) is 9.26. The molecule has 0 spiro atoms. The van der Waals surface area contributed by atoms with Gasteiger partial charge in [0.05, 0.1) is 18.1 Å². The van der Waals surface area contributed by atoms with Crippen LogP contribution in [0.15, 0.2) is 88.3 Å².